The van der Waals surface area contributed by atoms with Gasteiger partial charge >= 0.3 is 0 Å². The van der Waals surface area contributed by atoms with Crippen LogP contribution in [0.1, 0.15) is 36.8 Å². The van der Waals surface area contributed by atoms with Gasteiger partial charge in [0.15, 0.2) is 5.11 Å². The maximum Gasteiger partial charge on any atom is 0.170 e. The smallest absolute Gasteiger partial charge is 0.170 e. The summed E-state index contributed by atoms with van der Waals surface area (Å²) in [6.45, 7) is 8.90. The highest BCUT2D eigenvalue weighted by molar-refractivity contribution is 7.80. The van der Waals surface area contributed by atoms with Crippen molar-refractivity contribution < 1.29 is 4.74 Å². The number of nitrogens with one attached hydrogen (secondary N) is 1. The minimum absolute atomic E-state index is 0.0669. The first-order valence-corrected chi connectivity index (χ1v) is 10.6. The van der Waals surface area contributed by atoms with Crippen molar-refractivity contribution >= 4 is 17.3 Å². The summed E-state index contributed by atoms with van der Waals surface area (Å²) in [6.07, 6.45) is 5.09. The normalized spacial score (nSPS) is 23.2. The van der Waals surface area contributed by atoms with E-state index in [1.807, 2.05) is 18.3 Å². The van der Waals surface area contributed by atoms with Crippen LogP contribution in [0, 0.1) is 0 Å². The van der Waals surface area contributed by atoms with Crippen molar-refractivity contribution in [2.24, 2.45) is 0 Å². The molecule has 4 heterocycles. The molecular formula is C21H29N5OS. The Kier molecular flexibility index (Phi) is 6.24. The van der Waals surface area contributed by atoms with Gasteiger partial charge in [-0.2, -0.15) is 0 Å². The molecule has 150 valence electrons. The molecule has 0 radical (unpaired) electrons. The Morgan fingerprint density at radius 3 is 2.79 bits per heavy atom. The number of morpholine rings is 1. The van der Waals surface area contributed by atoms with Crippen molar-refractivity contribution in [3.8, 4) is 0 Å². The minimum atomic E-state index is 0.0669. The van der Waals surface area contributed by atoms with E-state index < -0.39 is 0 Å². The number of ether oxygens (including phenoxy) is 1. The highest BCUT2D eigenvalue weighted by Gasteiger charge is 2.40. The molecule has 2 aliphatic heterocycles. The van der Waals surface area contributed by atoms with Gasteiger partial charge in [-0.1, -0.05) is 6.07 Å². The van der Waals surface area contributed by atoms with E-state index in [9.17, 15) is 0 Å². The van der Waals surface area contributed by atoms with Crippen LogP contribution in [0.15, 0.2) is 42.7 Å². The average molecular weight is 400 g/mol. The monoisotopic (exact) mass is 399 g/mol. The van der Waals surface area contributed by atoms with E-state index >= 15 is 0 Å². The predicted octanol–water partition coefficient (Wildman–Crippen LogP) is 2.60. The topological polar surface area (TPSA) is 45.6 Å². The average Bonchev–Trinajstić information content (AvgIpc) is 3.33. The third-order valence-corrected chi connectivity index (χ3v) is 6.04. The zero-order valence-electron chi connectivity index (χ0n) is 16.5. The van der Waals surface area contributed by atoms with Crippen LogP contribution in [0.4, 0.5) is 0 Å². The Bertz CT molecular complexity index is 774. The standard InChI is InChI=1S/C21H29N5OS/c1-2-25-11-5-8-18(25)20-19(17-7-3-4-9-22-17)23-21(28)26(20)12-6-10-24-13-15-27-16-14-24/h3-5,7-9,11,19-20H,2,6,10,12-16H2,1H3,(H,23,28)/t19-,20+/m0/s1. The minimum Gasteiger partial charge on any atom is -0.379 e. The summed E-state index contributed by atoms with van der Waals surface area (Å²) < 4.78 is 7.77. The molecule has 0 amide bonds. The van der Waals surface area contributed by atoms with E-state index in [4.69, 9.17) is 17.0 Å². The molecule has 2 aliphatic rings. The third kappa shape index (κ3) is 4.06. The van der Waals surface area contributed by atoms with Crippen molar-refractivity contribution in [2.45, 2.75) is 32.0 Å². The molecule has 2 fully saturated rings. The molecule has 0 bridgehead atoms. The lowest BCUT2D eigenvalue weighted by atomic mass is 10.0. The Balaban J connectivity index is 1.53. The van der Waals surface area contributed by atoms with Gasteiger partial charge in [-0.05, 0) is 49.8 Å². The summed E-state index contributed by atoms with van der Waals surface area (Å²) in [5.74, 6) is 0. The van der Waals surface area contributed by atoms with Gasteiger partial charge in [-0.25, -0.2) is 0 Å². The van der Waals surface area contributed by atoms with E-state index in [1.54, 1.807) is 0 Å². The van der Waals surface area contributed by atoms with Crippen LogP contribution in [-0.2, 0) is 11.3 Å². The van der Waals surface area contributed by atoms with Gasteiger partial charge in [0.2, 0.25) is 0 Å². The predicted molar refractivity (Wildman–Crippen MR) is 114 cm³/mol. The second-order valence-electron chi connectivity index (χ2n) is 7.35. The summed E-state index contributed by atoms with van der Waals surface area (Å²) in [7, 11) is 0. The van der Waals surface area contributed by atoms with Crippen LogP contribution >= 0.6 is 12.2 Å². The van der Waals surface area contributed by atoms with Gasteiger partial charge in [0, 0.05) is 50.8 Å². The molecule has 0 spiro atoms. The Labute approximate surface area is 172 Å². The molecule has 2 atom stereocenters. The molecule has 2 aromatic heterocycles. The van der Waals surface area contributed by atoms with Gasteiger partial charge in [0.05, 0.1) is 31.0 Å². The van der Waals surface area contributed by atoms with Crippen LogP contribution < -0.4 is 5.32 Å². The zero-order chi connectivity index (χ0) is 19.3. The molecule has 0 aromatic carbocycles. The molecular weight excluding hydrogens is 370 g/mol. The van der Waals surface area contributed by atoms with Crippen LogP contribution in [0.3, 0.4) is 0 Å². The fourth-order valence-electron chi connectivity index (χ4n) is 4.24. The fourth-order valence-corrected chi connectivity index (χ4v) is 4.57. The molecule has 2 aromatic rings. The fraction of sp³-hybridized carbons (Fsp3) is 0.524. The second-order valence-corrected chi connectivity index (χ2v) is 7.73. The number of hydrogen-bond acceptors (Lipinski definition) is 4. The summed E-state index contributed by atoms with van der Waals surface area (Å²) in [6, 6.07) is 10.7. The number of rotatable bonds is 7. The van der Waals surface area contributed by atoms with E-state index in [0.717, 1.165) is 63.2 Å². The molecule has 2 saturated heterocycles. The molecule has 7 heteroatoms. The molecule has 0 unspecified atom stereocenters. The first-order chi connectivity index (χ1) is 13.8. The Hall–Kier alpha value is -1.96. The van der Waals surface area contributed by atoms with E-state index in [-0.39, 0.29) is 12.1 Å². The van der Waals surface area contributed by atoms with Crippen molar-refractivity contribution in [3.05, 3.63) is 54.1 Å². The first kappa shape index (κ1) is 19.4. The van der Waals surface area contributed by atoms with Crippen molar-refractivity contribution in [1.29, 1.82) is 0 Å². The van der Waals surface area contributed by atoms with Gasteiger partial charge in [0.1, 0.15) is 0 Å². The lowest BCUT2D eigenvalue weighted by molar-refractivity contribution is 0.0365. The lowest BCUT2D eigenvalue weighted by Crippen LogP contribution is -2.39. The van der Waals surface area contributed by atoms with E-state index in [2.05, 4.69) is 56.0 Å². The lowest BCUT2D eigenvalue weighted by Gasteiger charge is -2.30. The largest absolute Gasteiger partial charge is 0.379 e. The highest BCUT2D eigenvalue weighted by atomic mass is 32.1. The van der Waals surface area contributed by atoms with Crippen molar-refractivity contribution in [1.82, 2.24) is 24.7 Å². The summed E-state index contributed by atoms with van der Waals surface area (Å²) in [5, 5.41) is 4.37. The number of hydrogen-bond donors (Lipinski definition) is 1. The van der Waals surface area contributed by atoms with Crippen LogP contribution in [-0.4, -0.2) is 63.9 Å². The molecule has 4 rings (SSSR count). The van der Waals surface area contributed by atoms with Gasteiger partial charge in [-0.15, -0.1) is 0 Å². The van der Waals surface area contributed by atoms with E-state index in [1.165, 1.54) is 5.69 Å². The highest BCUT2D eigenvalue weighted by Crippen LogP contribution is 2.38. The van der Waals surface area contributed by atoms with Gasteiger partial charge in [-0.3, -0.25) is 9.88 Å². The first-order valence-electron chi connectivity index (χ1n) is 10.2. The third-order valence-electron chi connectivity index (χ3n) is 5.68. The maximum absolute atomic E-state index is 5.76. The summed E-state index contributed by atoms with van der Waals surface area (Å²) >= 11 is 5.76. The number of thiocarbonyl (C=S) groups is 1. The van der Waals surface area contributed by atoms with E-state index in [0.29, 0.717) is 0 Å². The SMILES string of the molecule is CCn1cccc1[C@@H]1[C@H](c2ccccn2)NC(=S)N1CCCN1CCOCC1. The van der Waals surface area contributed by atoms with Crippen molar-refractivity contribution in [2.75, 3.05) is 39.4 Å². The summed E-state index contributed by atoms with van der Waals surface area (Å²) in [4.78, 5) is 9.46. The van der Waals surface area contributed by atoms with Gasteiger partial charge < -0.3 is 19.5 Å². The number of aromatic nitrogens is 2. The number of pyridine rings is 1. The van der Waals surface area contributed by atoms with Crippen LogP contribution in [0.2, 0.25) is 0 Å². The van der Waals surface area contributed by atoms with Crippen LogP contribution in [0.25, 0.3) is 0 Å². The molecule has 1 N–H and O–H groups in total. The number of nitrogens with zero attached hydrogens (tertiary/aromatic N) is 4. The Morgan fingerprint density at radius 2 is 2.04 bits per heavy atom. The molecule has 28 heavy (non-hydrogen) atoms. The van der Waals surface area contributed by atoms with Crippen LogP contribution in [0.5, 0.6) is 0 Å². The molecule has 6 nitrogen and oxygen atoms in total. The quantitative estimate of drug-likeness (QED) is 0.722. The Morgan fingerprint density at radius 1 is 1.18 bits per heavy atom. The van der Waals surface area contributed by atoms with Crippen molar-refractivity contribution in [3.63, 3.8) is 0 Å². The second kappa shape index (κ2) is 9.03. The van der Waals surface area contributed by atoms with Gasteiger partial charge in [0.25, 0.3) is 0 Å². The maximum atomic E-state index is 5.76. The molecule has 0 aliphatic carbocycles. The zero-order valence-corrected chi connectivity index (χ0v) is 17.3. The summed E-state index contributed by atoms with van der Waals surface area (Å²) in [5.41, 5.74) is 2.33. The molecule has 0 saturated carbocycles. The number of aryl methyl sites for hydroxylation is 1.